The lowest BCUT2D eigenvalue weighted by atomic mass is 10.2. The predicted octanol–water partition coefficient (Wildman–Crippen LogP) is 3.03. The van der Waals surface area contributed by atoms with E-state index in [4.69, 9.17) is 4.42 Å². The molecule has 22 heavy (non-hydrogen) atoms. The van der Waals surface area contributed by atoms with Gasteiger partial charge in [0.25, 0.3) is 5.91 Å². The third-order valence-electron chi connectivity index (χ3n) is 3.83. The van der Waals surface area contributed by atoms with Crippen molar-refractivity contribution in [3.05, 3.63) is 48.3 Å². The van der Waals surface area contributed by atoms with Gasteiger partial charge in [0.15, 0.2) is 5.58 Å². The van der Waals surface area contributed by atoms with Crippen LogP contribution in [0.1, 0.15) is 23.2 Å². The monoisotopic (exact) mass is 293 g/mol. The Balaban J connectivity index is 1.61. The van der Waals surface area contributed by atoms with E-state index in [9.17, 15) is 4.79 Å². The number of rotatable bonds is 4. The summed E-state index contributed by atoms with van der Waals surface area (Å²) in [6.45, 7) is 0.762. The zero-order valence-corrected chi connectivity index (χ0v) is 12.0. The van der Waals surface area contributed by atoms with Crippen LogP contribution >= 0.6 is 0 Å². The van der Waals surface area contributed by atoms with Gasteiger partial charge in [-0.1, -0.05) is 0 Å². The summed E-state index contributed by atoms with van der Waals surface area (Å²) in [5.41, 5.74) is 2.84. The fourth-order valence-electron chi connectivity index (χ4n) is 2.35. The van der Waals surface area contributed by atoms with Gasteiger partial charge in [0.1, 0.15) is 5.52 Å². The second-order valence-electron chi connectivity index (χ2n) is 5.59. The van der Waals surface area contributed by atoms with Crippen LogP contribution in [0.25, 0.3) is 22.6 Å². The minimum Gasteiger partial charge on any atom is -0.436 e. The number of nitrogens with zero attached hydrogens (tertiary/aromatic N) is 2. The molecule has 0 unspecified atom stereocenters. The molecule has 1 aromatic carbocycles. The van der Waals surface area contributed by atoms with Crippen LogP contribution in [0, 0.1) is 5.92 Å². The van der Waals surface area contributed by atoms with Crippen LogP contribution in [-0.4, -0.2) is 22.4 Å². The first-order valence-corrected chi connectivity index (χ1v) is 7.39. The lowest BCUT2D eigenvalue weighted by molar-refractivity contribution is 0.0952. The van der Waals surface area contributed by atoms with Gasteiger partial charge in [-0.25, -0.2) is 4.98 Å². The Morgan fingerprint density at radius 3 is 2.82 bits per heavy atom. The lowest BCUT2D eigenvalue weighted by Gasteiger charge is -2.03. The van der Waals surface area contributed by atoms with E-state index in [0.29, 0.717) is 28.5 Å². The highest BCUT2D eigenvalue weighted by atomic mass is 16.3. The number of carbonyl (C=O) groups is 1. The van der Waals surface area contributed by atoms with Crippen molar-refractivity contribution in [2.24, 2.45) is 5.92 Å². The fourth-order valence-corrected chi connectivity index (χ4v) is 2.35. The number of aromatic nitrogens is 2. The zero-order chi connectivity index (χ0) is 14.9. The molecule has 1 aliphatic carbocycles. The Hall–Kier alpha value is -2.69. The number of fused-ring (bicyclic) bond motifs is 1. The maximum Gasteiger partial charge on any atom is 0.251 e. The van der Waals surface area contributed by atoms with Gasteiger partial charge >= 0.3 is 0 Å². The van der Waals surface area contributed by atoms with Crippen molar-refractivity contribution in [3.8, 4) is 11.5 Å². The topological polar surface area (TPSA) is 68.0 Å². The summed E-state index contributed by atoms with van der Waals surface area (Å²) in [5, 5.41) is 2.96. The van der Waals surface area contributed by atoms with Crippen molar-refractivity contribution >= 4 is 17.0 Å². The fraction of sp³-hybridized carbons (Fsp3) is 0.235. The summed E-state index contributed by atoms with van der Waals surface area (Å²) in [6, 6.07) is 9.01. The number of pyridine rings is 1. The molecule has 0 spiro atoms. The molecule has 2 aromatic heterocycles. The van der Waals surface area contributed by atoms with Gasteiger partial charge in [0, 0.05) is 30.1 Å². The molecule has 1 aliphatic rings. The third-order valence-corrected chi connectivity index (χ3v) is 3.83. The molecule has 3 aromatic rings. The molecule has 110 valence electrons. The van der Waals surface area contributed by atoms with Crippen LogP contribution in [0.3, 0.4) is 0 Å². The smallest absolute Gasteiger partial charge is 0.251 e. The molecule has 0 aliphatic heterocycles. The summed E-state index contributed by atoms with van der Waals surface area (Å²) in [6.07, 6.45) is 5.83. The first-order valence-electron chi connectivity index (χ1n) is 7.39. The molecular weight excluding hydrogens is 278 g/mol. The molecule has 0 saturated heterocycles. The number of amides is 1. The van der Waals surface area contributed by atoms with Crippen LogP contribution < -0.4 is 5.32 Å². The quantitative estimate of drug-likeness (QED) is 0.803. The van der Waals surface area contributed by atoms with Gasteiger partial charge in [-0.2, -0.15) is 0 Å². The van der Waals surface area contributed by atoms with Gasteiger partial charge in [0.2, 0.25) is 5.89 Å². The van der Waals surface area contributed by atoms with Crippen LogP contribution in [0.5, 0.6) is 0 Å². The molecular formula is C17H15N3O2. The minimum atomic E-state index is -0.0535. The number of hydrogen-bond acceptors (Lipinski definition) is 4. The first kappa shape index (κ1) is 13.0. The predicted molar refractivity (Wildman–Crippen MR) is 82.3 cm³/mol. The molecule has 1 amide bonds. The molecule has 4 rings (SSSR count). The van der Waals surface area contributed by atoms with Crippen LogP contribution in [0.4, 0.5) is 0 Å². The largest absolute Gasteiger partial charge is 0.436 e. The molecule has 1 N–H and O–H groups in total. The summed E-state index contributed by atoms with van der Waals surface area (Å²) in [4.78, 5) is 20.6. The van der Waals surface area contributed by atoms with E-state index < -0.39 is 0 Å². The maximum atomic E-state index is 12.1. The van der Waals surface area contributed by atoms with Crippen LogP contribution in [0.15, 0.2) is 47.1 Å². The molecule has 5 heteroatoms. The highest BCUT2D eigenvalue weighted by Crippen LogP contribution is 2.28. The van der Waals surface area contributed by atoms with Gasteiger partial charge in [-0.3, -0.25) is 9.78 Å². The van der Waals surface area contributed by atoms with Crippen molar-refractivity contribution in [2.45, 2.75) is 12.8 Å². The number of nitrogens with one attached hydrogen (secondary N) is 1. The SMILES string of the molecule is O=C(NCC1CC1)c1ccc2oc(-c3ccncc3)nc2c1. The highest BCUT2D eigenvalue weighted by Gasteiger charge is 2.22. The molecule has 0 bridgehead atoms. The van der Waals surface area contributed by atoms with E-state index in [0.717, 1.165) is 12.1 Å². The summed E-state index contributed by atoms with van der Waals surface area (Å²) in [7, 11) is 0. The highest BCUT2D eigenvalue weighted by molar-refractivity contribution is 5.97. The maximum absolute atomic E-state index is 12.1. The van der Waals surface area contributed by atoms with E-state index in [1.54, 1.807) is 30.6 Å². The molecule has 0 atom stereocenters. The Labute approximate surface area is 127 Å². The molecule has 5 nitrogen and oxygen atoms in total. The Morgan fingerprint density at radius 2 is 2.05 bits per heavy atom. The lowest BCUT2D eigenvalue weighted by Crippen LogP contribution is -2.25. The van der Waals surface area contributed by atoms with Crippen molar-refractivity contribution in [2.75, 3.05) is 6.54 Å². The Morgan fingerprint density at radius 1 is 1.23 bits per heavy atom. The Bertz CT molecular complexity index is 822. The number of carbonyl (C=O) groups excluding carboxylic acids is 1. The molecule has 2 heterocycles. The number of benzene rings is 1. The van der Waals surface area contributed by atoms with Crippen molar-refractivity contribution < 1.29 is 9.21 Å². The minimum absolute atomic E-state index is 0.0535. The van der Waals surface area contributed by atoms with E-state index >= 15 is 0 Å². The van der Waals surface area contributed by atoms with Gasteiger partial charge in [-0.05, 0) is 49.1 Å². The van der Waals surface area contributed by atoms with Gasteiger partial charge in [0.05, 0.1) is 0 Å². The van der Waals surface area contributed by atoms with E-state index in [1.165, 1.54) is 12.8 Å². The van der Waals surface area contributed by atoms with Crippen molar-refractivity contribution in [3.63, 3.8) is 0 Å². The van der Waals surface area contributed by atoms with E-state index in [-0.39, 0.29) is 5.91 Å². The van der Waals surface area contributed by atoms with Crippen LogP contribution in [0.2, 0.25) is 0 Å². The second kappa shape index (κ2) is 5.26. The molecule has 0 radical (unpaired) electrons. The normalized spacial score (nSPS) is 14.2. The number of oxazole rings is 1. The summed E-state index contributed by atoms with van der Waals surface area (Å²) in [5.74, 6) is 1.15. The number of hydrogen-bond donors (Lipinski definition) is 1. The van der Waals surface area contributed by atoms with Gasteiger partial charge < -0.3 is 9.73 Å². The van der Waals surface area contributed by atoms with E-state index in [2.05, 4.69) is 15.3 Å². The summed E-state index contributed by atoms with van der Waals surface area (Å²) >= 11 is 0. The standard InChI is InChI=1S/C17H15N3O2/c21-16(19-10-11-1-2-11)13-3-4-15-14(9-13)20-17(22-15)12-5-7-18-8-6-12/h3-9,11H,1-2,10H2,(H,19,21). The first-order chi connectivity index (χ1) is 10.8. The zero-order valence-electron chi connectivity index (χ0n) is 12.0. The Kier molecular flexibility index (Phi) is 3.11. The van der Waals surface area contributed by atoms with Crippen molar-refractivity contribution in [1.82, 2.24) is 15.3 Å². The average Bonchev–Trinajstić information content (AvgIpc) is 3.29. The van der Waals surface area contributed by atoms with E-state index in [1.807, 2.05) is 12.1 Å². The van der Waals surface area contributed by atoms with Crippen molar-refractivity contribution in [1.29, 1.82) is 0 Å². The average molecular weight is 293 g/mol. The third kappa shape index (κ3) is 2.57. The molecule has 1 fully saturated rings. The second-order valence-corrected chi connectivity index (χ2v) is 5.59. The van der Waals surface area contributed by atoms with Gasteiger partial charge in [-0.15, -0.1) is 0 Å². The molecule has 1 saturated carbocycles. The summed E-state index contributed by atoms with van der Waals surface area (Å²) < 4.78 is 5.73. The van der Waals surface area contributed by atoms with Crippen LogP contribution in [-0.2, 0) is 0 Å².